The van der Waals surface area contributed by atoms with E-state index in [1.165, 1.54) is 19.3 Å². The number of urea groups is 1. The highest BCUT2D eigenvalue weighted by Gasteiger charge is 2.21. The van der Waals surface area contributed by atoms with Gasteiger partial charge in [-0.05, 0) is 48.6 Å². The Morgan fingerprint density at radius 3 is 2.71 bits per heavy atom. The van der Waals surface area contributed by atoms with Crippen LogP contribution in [0.25, 0.3) is 0 Å². The van der Waals surface area contributed by atoms with Gasteiger partial charge in [0.2, 0.25) is 0 Å². The molecule has 2 aromatic rings. The van der Waals surface area contributed by atoms with Crippen LogP contribution in [0.15, 0.2) is 42.6 Å². The lowest BCUT2D eigenvalue weighted by Gasteiger charge is -2.30. The van der Waals surface area contributed by atoms with Crippen LogP contribution in [-0.2, 0) is 13.1 Å². The van der Waals surface area contributed by atoms with Crippen LogP contribution in [0.3, 0.4) is 0 Å². The monoisotopic (exact) mass is 401 g/mol. The smallest absolute Gasteiger partial charge is 0.317 e. The first kappa shape index (κ1) is 20.8. The van der Waals surface area contributed by atoms with Crippen molar-refractivity contribution in [3.05, 3.63) is 58.9 Å². The lowest BCUT2D eigenvalue weighted by Crippen LogP contribution is -2.46. The van der Waals surface area contributed by atoms with Crippen molar-refractivity contribution in [3.63, 3.8) is 0 Å². The number of nitrogens with zero attached hydrogens (tertiary/aromatic N) is 2. The van der Waals surface area contributed by atoms with E-state index in [9.17, 15) is 4.79 Å². The van der Waals surface area contributed by atoms with Crippen molar-refractivity contribution in [2.45, 2.75) is 65.1 Å². The molecule has 0 saturated heterocycles. The topological polar surface area (TPSA) is 37.3 Å². The van der Waals surface area contributed by atoms with E-state index in [0.29, 0.717) is 18.5 Å². The van der Waals surface area contributed by atoms with Gasteiger partial charge in [0.25, 0.3) is 0 Å². The molecule has 0 atom stereocenters. The molecule has 0 aliphatic heterocycles. The van der Waals surface area contributed by atoms with Crippen molar-refractivity contribution in [1.82, 2.24) is 14.8 Å². The molecule has 1 heterocycles. The van der Waals surface area contributed by atoms with Gasteiger partial charge in [-0.1, -0.05) is 56.8 Å². The highest BCUT2D eigenvalue weighted by atomic mass is 35.5. The number of aromatic nitrogens is 1. The number of carbonyl (C=O) groups excluding carboxylic acids is 1. The van der Waals surface area contributed by atoms with Crippen molar-refractivity contribution < 1.29 is 4.79 Å². The summed E-state index contributed by atoms with van der Waals surface area (Å²) < 4.78 is 2.20. The van der Waals surface area contributed by atoms with Gasteiger partial charge in [-0.2, -0.15) is 0 Å². The summed E-state index contributed by atoms with van der Waals surface area (Å²) in [4.78, 5) is 14.9. The second-order valence-electron chi connectivity index (χ2n) is 8.32. The van der Waals surface area contributed by atoms with Gasteiger partial charge in [0.15, 0.2) is 0 Å². The van der Waals surface area contributed by atoms with Crippen molar-refractivity contribution in [2.75, 3.05) is 6.54 Å². The Balaban J connectivity index is 1.68. The van der Waals surface area contributed by atoms with Crippen LogP contribution in [0.4, 0.5) is 4.79 Å². The van der Waals surface area contributed by atoms with Gasteiger partial charge in [-0.15, -0.1) is 0 Å². The van der Waals surface area contributed by atoms with Gasteiger partial charge in [0, 0.05) is 36.0 Å². The van der Waals surface area contributed by atoms with Crippen LogP contribution >= 0.6 is 11.6 Å². The molecule has 0 unspecified atom stereocenters. The van der Waals surface area contributed by atoms with Gasteiger partial charge in [-0.25, -0.2) is 4.79 Å². The van der Waals surface area contributed by atoms with E-state index in [2.05, 4.69) is 42.1 Å². The predicted molar refractivity (Wildman–Crippen MR) is 116 cm³/mol. The highest BCUT2D eigenvalue weighted by Crippen LogP contribution is 2.19. The maximum atomic E-state index is 13.0. The van der Waals surface area contributed by atoms with Crippen molar-refractivity contribution in [3.8, 4) is 0 Å². The minimum absolute atomic E-state index is 0.0658. The first-order valence-electron chi connectivity index (χ1n) is 10.4. The number of amides is 2. The normalized spacial score (nSPS) is 15.0. The molecule has 28 heavy (non-hydrogen) atoms. The van der Waals surface area contributed by atoms with E-state index >= 15 is 0 Å². The maximum Gasteiger partial charge on any atom is 0.317 e. The minimum atomic E-state index is 0.0658. The number of halogens is 1. The van der Waals surface area contributed by atoms with E-state index in [1.807, 2.05) is 29.2 Å². The molecule has 0 bridgehead atoms. The van der Waals surface area contributed by atoms with Crippen molar-refractivity contribution in [1.29, 1.82) is 0 Å². The summed E-state index contributed by atoms with van der Waals surface area (Å²) in [6, 6.07) is 12.5. The number of benzene rings is 1. The second-order valence-corrected chi connectivity index (χ2v) is 8.75. The summed E-state index contributed by atoms with van der Waals surface area (Å²) in [5.41, 5.74) is 2.30. The molecule has 1 N–H and O–H groups in total. The van der Waals surface area contributed by atoms with Gasteiger partial charge in [0.05, 0.1) is 6.54 Å². The molecule has 1 aromatic carbocycles. The zero-order valence-corrected chi connectivity index (χ0v) is 17.8. The first-order chi connectivity index (χ1) is 13.5. The van der Waals surface area contributed by atoms with Gasteiger partial charge < -0.3 is 14.8 Å². The predicted octanol–water partition coefficient (Wildman–Crippen LogP) is 5.69. The largest absolute Gasteiger partial charge is 0.345 e. The molecule has 0 spiro atoms. The molecule has 5 heteroatoms. The van der Waals surface area contributed by atoms with Gasteiger partial charge in [0.1, 0.15) is 0 Å². The Morgan fingerprint density at radius 1 is 1.21 bits per heavy atom. The third-order valence-corrected chi connectivity index (χ3v) is 5.56. The fraction of sp³-hybridized carbons (Fsp3) is 0.522. The third kappa shape index (κ3) is 6.03. The van der Waals surface area contributed by atoms with Crippen LogP contribution in [0.2, 0.25) is 5.02 Å². The van der Waals surface area contributed by atoms with Crippen molar-refractivity contribution in [2.24, 2.45) is 5.92 Å². The molecule has 0 radical (unpaired) electrons. The molecule has 1 saturated carbocycles. The average Bonchev–Trinajstić information content (AvgIpc) is 3.08. The Morgan fingerprint density at radius 2 is 2.00 bits per heavy atom. The van der Waals surface area contributed by atoms with E-state index < -0.39 is 0 Å². The molecular formula is C23H32ClN3O. The van der Waals surface area contributed by atoms with E-state index in [0.717, 1.165) is 42.2 Å². The molecule has 3 rings (SSSR count). The third-order valence-electron chi connectivity index (χ3n) is 5.32. The van der Waals surface area contributed by atoms with Gasteiger partial charge in [-0.3, -0.25) is 0 Å². The number of rotatable bonds is 7. The highest BCUT2D eigenvalue weighted by molar-refractivity contribution is 6.30. The summed E-state index contributed by atoms with van der Waals surface area (Å²) in [5.74, 6) is 0.424. The molecule has 1 aromatic heterocycles. The first-order valence-corrected chi connectivity index (χ1v) is 10.8. The molecule has 1 aliphatic carbocycles. The zero-order valence-electron chi connectivity index (χ0n) is 17.0. The summed E-state index contributed by atoms with van der Waals surface area (Å²) in [5, 5.41) is 4.02. The van der Waals surface area contributed by atoms with E-state index in [-0.39, 0.29) is 6.03 Å². The van der Waals surface area contributed by atoms with Gasteiger partial charge >= 0.3 is 6.03 Å². The summed E-state index contributed by atoms with van der Waals surface area (Å²) in [6.07, 6.45) is 8.01. The zero-order chi connectivity index (χ0) is 19.9. The molecule has 2 amide bonds. The molecule has 152 valence electrons. The van der Waals surface area contributed by atoms with E-state index in [1.54, 1.807) is 0 Å². The minimum Gasteiger partial charge on any atom is -0.345 e. The van der Waals surface area contributed by atoms with Crippen LogP contribution in [0.1, 0.15) is 57.2 Å². The SMILES string of the molecule is CC(C)CN(Cc1cccn1Cc1cccc(Cl)c1)C(=O)NC1CCCCC1. The number of hydrogen-bond acceptors (Lipinski definition) is 1. The van der Waals surface area contributed by atoms with E-state index in [4.69, 9.17) is 11.6 Å². The van der Waals surface area contributed by atoms with Crippen LogP contribution in [0.5, 0.6) is 0 Å². The Hall–Kier alpha value is -1.94. The van der Waals surface area contributed by atoms with Crippen LogP contribution in [0, 0.1) is 5.92 Å². The standard InChI is InChI=1S/C23H32ClN3O/c1-18(2)15-27(23(28)25-21-10-4-3-5-11-21)17-22-12-7-13-26(22)16-19-8-6-9-20(24)14-19/h6-9,12-14,18,21H,3-5,10-11,15-17H2,1-2H3,(H,25,28). The Labute approximate surface area is 173 Å². The lowest BCUT2D eigenvalue weighted by molar-refractivity contribution is 0.179. The maximum absolute atomic E-state index is 13.0. The fourth-order valence-corrected chi connectivity index (χ4v) is 4.16. The number of carbonyl (C=O) groups is 1. The Bertz CT molecular complexity index is 765. The summed E-state index contributed by atoms with van der Waals surface area (Å²) >= 11 is 6.13. The molecule has 1 aliphatic rings. The lowest BCUT2D eigenvalue weighted by atomic mass is 9.96. The van der Waals surface area contributed by atoms with Crippen molar-refractivity contribution >= 4 is 17.6 Å². The quantitative estimate of drug-likeness (QED) is 0.635. The second kappa shape index (κ2) is 10.0. The summed E-state index contributed by atoms with van der Waals surface area (Å²) in [6.45, 7) is 6.44. The molecule has 4 nitrogen and oxygen atoms in total. The fourth-order valence-electron chi connectivity index (χ4n) is 3.95. The number of nitrogens with one attached hydrogen (secondary N) is 1. The molecule has 1 fully saturated rings. The summed E-state index contributed by atoms with van der Waals surface area (Å²) in [7, 11) is 0. The molecular weight excluding hydrogens is 370 g/mol. The average molecular weight is 402 g/mol. The Kier molecular flexibility index (Phi) is 7.43. The van der Waals surface area contributed by atoms with Crippen LogP contribution in [-0.4, -0.2) is 28.1 Å². The van der Waals surface area contributed by atoms with Crippen LogP contribution < -0.4 is 5.32 Å². The number of hydrogen-bond donors (Lipinski definition) is 1.